The third-order valence-corrected chi connectivity index (χ3v) is 7.41. The molecule has 0 saturated heterocycles. The van der Waals surface area contributed by atoms with E-state index >= 15 is 0 Å². The Labute approximate surface area is 220 Å². The van der Waals surface area contributed by atoms with E-state index in [2.05, 4.69) is 17.0 Å². The second-order valence-electron chi connectivity index (χ2n) is 8.89. The van der Waals surface area contributed by atoms with Crippen LogP contribution in [0.25, 0.3) is 0 Å². The molecule has 0 N–H and O–H groups in total. The first-order chi connectivity index (χ1) is 17.4. The number of ether oxygens (including phenoxy) is 3. The molecule has 3 aromatic rings. The van der Waals surface area contributed by atoms with Crippen LogP contribution in [0.5, 0.6) is 11.5 Å². The number of hydrogen-bond acceptors (Lipinski definition) is 5. The fourth-order valence-electron chi connectivity index (χ4n) is 4.73. The maximum atomic E-state index is 12.7. The van der Waals surface area contributed by atoms with Gasteiger partial charge in [-0.05, 0) is 84.0 Å². The minimum atomic E-state index is -0.417. The van der Waals surface area contributed by atoms with Crippen LogP contribution >= 0.6 is 23.2 Å². The zero-order chi connectivity index (χ0) is 25.2. The predicted molar refractivity (Wildman–Crippen MR) is 141 cm³/mol. The summed E-state index contributed by atoms with van der Waals surface area (Å²) in [7, 11) is 3.30. The van der Waals surface area contributed by atoms with Gasteiger partial charge in [0, 0.05) is 13.1 Å². The largest absolute Gasteiger partial charge is 0.493 e. The van der Waals surface area contributed by atoms with Crippen LogP contribution < -0.4 is 9.47 Å². The summed E-state index contributed by atoms with van der Waals surface area (Å²) in [4.78, 5) is 19.6. The smallest absolute Gasteiger partial charge is 0.338 e. The van der Waals surface area contributed by atoms with Gasteiger partial charge in [0.15, 0.2) is 11.5 Å². The van der Waals surface area contributed by atoms with Crippen molar-refractivity contribution in [3.8, 4) is 11.5 Å². The van der Waals surface area contributed by atoms with Crippen molar-refractivity contribution in [1.82, 2.24) is 4.90 Å². The molecule has 6 nitrogen and oxygen atoms in total. The molecule has 0 saturated carbocycles. The van der Waals surface area contributed by atoms with Gasteiger partial charge < -0.3 is 19.1 Å². The zero-order valence-corrected chi connectivity index (χ0v) is 21.6. The molecule has 1 aliphatic carbocycles. The Morgan fingerprint density at radius 3 is 2.47 bits per heavy atom. The van der Waals surface area contributed by atoms with Gasteiger partial charge in [-0.2, -0.15) is 0 Å². The maximum Gasteiger partial charge on any atom is 0.338 e. The lowest BCUT2D eigenvalue weighted by molar-refractivity contribution is 0.0301. The third kappa shape index (κ3) is 5.01. The van der Waals surface area contributed by atoms with Gasteiger partial charge in [-0.15, -0.1) is 0 Å². The lowest BCUT2D eigenvalue weighted by Crippen LogP contribution is -2.29. The predicted octanol–water partition coefficient (Wildman–Crippen LogP) is 6.57. The number of methoxy groups -OCH3 is 2. The Morgan fingerprint density at radius 2 is 1.72 bits per heavy atom. The second-order valence-corrected chi connectivity index (χ2v) is 9.70. The molecule has 186 valence electrons. The van der Waals surface area contributed by atoms with Crippen LogP contribution in [0.3, 0.4) is 0 Å². The number of hydrogen-bond donors (Lipinski definition) is 0. The molecule has 0 bridgehead atoms. The molecule has 0 aromatic heterocycles. The van der Waals surface area contributed by atoms with Crippen molar-refractivity contribution < 1.29 is 19.0 Å². The number of halogens is 2. The fraction of sp³-hybridized carbons (Fsp3) is 0.286. The first kappa shape index (κ1) is 24.5. The first-order valence-corrected chi connectivity index (χ1v) is 12.5. The summed E-state index contributed by atoms with van der Waals surface area (Å²) < 4.78 is 16.7. The van der Waals surface area contributed by atoms with E-state index < -0.39 is 5.97 Å². The molecule has 1 heterocycles. The molecule has 1 aliphatic heterocycles. The summed E-state index contributed by atoms with van der Waals surface area (Å²) in [5.41, 5.74) is 5.85. The molecule has 1 atom stereocenters. The highest BCUT2D eigenvalue weighted by atomic mass is 35.5. The summed E-state index contributed by atoms with van der Waals surface area (Å²) in [6.07, 6.45) is 4.06. The topological polar surface area (TPSA) is 60.4 Å². The van der Waals surface area contributed by atoms with Gasteiger partial charge in [0.25, 0.3) is 0 Å². The molecule has 1 unspecified atom stereocenters. The number of fused-ring (bicyclic) bond motifs is 2. The molecule has 3 aromatic carbocycles. The molecule has 8 heteroatoms. The minimum Gasteiger partial charge on any atom is -0.493 e. The molecular weight excluding hydrogens is 499 g/mol. The van der Waals surface area contributed by atoms with Gasteiger partial charge in [0.1, 0.15) is 6.10 Å². The van der Waals surface area contributed by atoms with Crippen molar-refractivity contribution in [3.05, 3.63) is 86.4 Å². The van der Waals surface area contributed by atoms with Crippen LogP contribution in [0.4, 0.5) is 5.69 Å². The first-order valence-electron chi connectivity index (χ1n) is 11.8. The Kier molecular flexibility index (Phi) is 7.08. The van der Waals surface area contributed by atoms with E-state index in [1.807, 2.05) is 24.5 Å². The van der Waals surface area contributed by atoms with Gasteiger partial charge >= 0.3 is 5.97 Å². The lowest BCUT2D eigenvalue weighted by atomic mass is 9.99. The van der Waals surface area contributed by atoms with Crippen molar-refractivity contribution in [1.29, 1.82) is 0 Å². The van der Waals surface area contributed by atoms with Gasteiger partial charge in [0.2, 0.25) is 0 Å². The van der Waals surface area contributed by atoms with E-state index in [0.29, 0.717) is 15.6 Å². The standard InChI is InChI=1S/C28H26Cl2N2O4/c1-34-26-12-18-9-10-32(15-20(18)13-27(26)35-2)16-31-21-6-3-17-5-8-25(22(17)14-21)36-28(33)19-4-7-23(29)24(30)11-19/h3-4,6-7,11-14,16,25H,5,8-10,15H2,1-2H3. The Bertz CT molecular complexity index is 1340. The molecule has 0 amide bonds. The molecule has 2 aliphatic rings. The van der Waals surface area contributed by atoms with E-state index in [4.69, 9.17) is 42.4 Å². The van der Waals surface area contributed by atoms with Gasteiger partial charge in [-0.25, -0.2) is 9.79 Å². The number of benzene rings is 3. The van der Waals surface area contributed by atoms with E-state index in [0.717, 1.165) is 55.1 Å². The fourth-order valence-corrected chi connectivity index (χ4v) is 5.02. The highest BCUT2D eigenvalue weighted by molar-refractivity contribution is 6.42. The Hall–Kier alpha value is -3.22. The van der Waals surface area contributed by atoms with Gasteiger partial charge in [-0.3, -0.25) is 0 Å². The summed E-state index contributed by atoms with van der Waals surface area (Å²) >= 11 is 12.0. The maximum absolute atomic E-state index is 12.7. The number of rotatable bonds is 6. The number of carbonyl (C=O) groups is 1. The molecular formula is C28H26Cl2N2O4. The average molecular weight is 525 g/mol. The van der Waals surface area contributed by atoms with Crippen LogP contribution in [0.15, 0.2) is 53.5 Å². The molecule has 5 rings (SSSR count). The number of esters is 1. The number of carbonyl (C=O) groups excluding carboxylic acids is 1. The molecule has 0 fully saturated rings. The van der Waals surface area contributed by atoms with Crippen molar-refractivity contribution in [2.45, 2.75) is 31.9 Å². The van der Waals surface area contributed by atoms with E-state index in [9.17, 15) is 4.79 Å². The van der Waals surface area contributed by atoms with E-state index in [1.165, 1.54) is 22.8 Å². The van der Waals surface area contributed by atoms with Crippen LogP contribution in [-0.2, 0) is 24.1 Å². The third-order valence-electron chi connectivity index (χ3n) is 6.67. The highest BCUT2D eigenvalue weighted by Gasteiger charge is 2.27. The summed E-state index contributed by atoms with van der Waals surface area (Å²) in [6, 6.07) is 14.9. The van der Waals surface area contributed by atoms with Crippen molar-refractivity contribution in [2.75, 3.05) is 20.8 Å². The lowest BCUT2D eigenvalue weighted by Gasteiger charge is -2.27. The van der Waals surface area contributed by atoms with Crippen LogP contribution in [-0.4, -0.2) is 38.0 Å². The Morgan fingerprint density at radius 1 is 0.944 bits per heavy atom. The van der Waals surface area contributed by atoms with Gasteiger partial charge in [0.05, 0.1) is 41.9 Å². The van der Waals surface area contributed by atoms with Crippen LogP contribution in [0.2, 0.25) is 10.0 Å². The number of aryl methyl sites for hydroxylation is 1. The van der Waals surface area contributed by atoms with E-state index in [-0.39, 0.29) is 6.10 Å². The van der Waals surface area contributed by atoms with Crippen molar-refractivity contribution >= 4 is 41.2 Å². The van der Waals surface area contributed by atoms with Crippen LogP contribution in [0.1, 0.15) is 45.1 Å². The van der Waals surface area contributed by atoms with Crippen molar-refractivity contribution in [2.24, 2.45) is 4.99 Å². The normalized spacial score (nSPS) is 16.6. The Balaban J connectivity index is 1.28. The quantitative estimate of drug-likeness (QED) is 0.207. The SMILES string of the molecule is COc1cc2c(cc1OC)CN(C=Nc1ccc3c(c1)C(OC(=O)c1ccc(Cl)c(Cl)c1)CC3)CC2. The molecule has 36 heavy (non-hydrogen) atoms. The molecule has 0 spiro atoms. The summed E-state index contributed by atoms with van der Waals surface area (Å²) in [5.74, 6) is 1.07. The monoisotopic (exact) mass is 524 g/mol. The summed E-state index contributed by atoms with van der Waals surface area (Å²) in [6.45, 7) is 1.61. The highest BCUT2D eigenvalue weighted by Crippen LogP contribution is 2.37. The van der Waals surface area contributed by atoms with Crippen molar-refractivity contribution in [3.63, 3.8) is 0 Å². The number of nitrogens with zero attached hydrogens (tertiary/aromatic N) is 2. The second kappa shape index (κ2) is 10.4. The molecule has 0 radical (unpaired) electrons. The summed E-state index contributed by atoms with van der Waals surface area (Å²) in [5, 5.41) is 0.727. The number of aliphatic imine (C=N–C) groups is 1. The van der Waals surface area contributed by atoms with Gasteiger partial charge in [-0.1, -0.05) is 29.3 Å². The minimum absolute atomic E-state index is 0.318. The van der Waals surface area contributed by atoms with E-state index in [1.54, 1.807) is 26.4 Å². The average Bonchev–Trinajstić information content (AvgIpc) is 3.29. The van der Waals surface area contributed by atoms with Crippen LogP contribution in [0, 0.1) is 0 Å². The zero-order valence-electron chi connectivity index (χ0n) is 20.1.